The molecule has 1 aromatic rings. The van der Waals surface area contributed by atoms with Gasteiger partial charge in [0, 0.05) is 0 Å². The average molecular weight is 264 g/mol. The summed E-state index contributed by atoms with van der Waals surface area (Å²) in [6.45, 7) is 5.02. The molecule has 0 bridgehead atoms. The zero-order valence-corrected chi connectivity index (χ0v) is 11.2. The Bertz CT molecular complexity index is 413. The first-order valence-corrected chi connectivity index (χ1v) is 6.39. The number of hydrogen-bond acceptors (Lipinski definition) is 4. The monoisotopic (exact) mass is 264 g/mol. The van der Waals surface area contributed by atoms with E-state index in [1.54, 1.807) is 7.11 Å². The second-order valence-electron chi connectivity index (χ2n) is 4.58. The van der Waals surface area contributed by atoms with Gasteiger partial charge in [0.15, 0.2) is 0 Å². The fraction of sp³-hybridized carbons (Fsp3) is 0.467. The minimum atomic E-state index is -0.306. The Labute approximate surface area is 113 Å². The summed E-state index contributed by atoms with van der Waals surface area (Å²) in [5, 5.41) is 9.28. The highest BCUT2D eigenvalue weighted by Crippen LogP contribution is 2.23. The molecule has 19 heavy (non-hydrogen) atoms. The third-order valence-corrected chi connectivity index (χ3v) is 3.26. The first-order valence-electron chi connectivity index (χ1n) is 6.39. The van der Waals surface area contributed by atoms with Crippen molar-refractivity contribution < 1.29 is 19.3 Å². The van der Waals surface area contributed by atoms with Gasteiger partial charge < -0.3 is 19.3 Å². The standard InChI is InChI=1S/C15H20O4/c1-11-7-8-18-14(9-16)15(11)19-10-12-3-5-13(17-2)6-4-12/h3-6,14-16H,1,7-10H2,2H3/t14-,15+/m1/s1. The predicted molar refractivity (Wildman–Crippen MR) is 72.2 cm³/mol. The zero-order chi connectivity index (χ0) is 13.7. The third kappa shape index (κ3) is 3.56. The van der Waals surface area contributed by atoms with Crippen LogP contribution in [0.2, 0.25) is 0 Å². The summed E-state index contributed by atoms with van der Waals surface area (Å²) in [4.78, 5) is 0. The van der Waals surface area contributed by atoms with Gasteiger partial charge in [-0.05, 0) is 29.7 Å². The molecule has 1 saturated heterocycles. The summed E-state index contributed by atoms with van der Waals surface area (Å²) in [5.74, 6) is 0.822. The highest BCUT2D eigenvalue weighted by atomic mass is 16.5. The van der Waals surface area contributed by atoms with Gasteiger partial charge in [-0.25, -0.2) is 0 Å². The predicted octanol–water partition coefficient (Wildman–Crippen LogP) is 1.92. The molecule has 0 aromatic heterocycles. The molecule has 1 fully saturated rings. The SMILES string of the molecule is C=C1CCO[C@H](CO)[C@H]1OCc1ccc(OC)cc1. The second kappa shape index (κ2) is 6.70. The Morgan fingerprint density at radius 2 is 2.11 bits per heavy atom. The van der Waals surface area contributed by atoms with E-state index in [4.69, 9.17) is 14.2 Å². The van der Waals surface area contributed by atoms with Crippen LogP contribution in [0.15, 0.2) is 36.4 Å². The van der Waals surface area contributed by atoms with Gasteiger partial charge >= 0.3 is 0 Å². The van der Waals surface area contributed by atoms with Gasteiger partial charge in [0.05, 0.1) is 26.9 Å². The molecule has 0 aliphatic carbocycles. The largest absolute Gasteiger partial charge is 0.497 e. The van der Waals surface area contributed by atoms with E-state index in [2.05, 4.69) is 6.58 Å². The molecule has 104 valence electrons. The maximum absolute atomic E-state index is 9.28. The normalized spacial score (nSPS) is 23.4. The lowest BCUT2D eigenvalue weighted by molar-refractivity contribution is -0.101. The average Bonchev–Trinajstić information content (AvgIpc) is 2.46. The van der Waals surface area contributed by atoms with Crippen LogP contribution in [0.3, 0.4) is 0 Å². The Kier molecular flexibility index (Phi) is 4.96. The van der Waals surface area contributed by atoms with Gasteiger partial charge in [0.1, 0.15) is 18.0 Å². The van der Waals surface area contributed by atoms with Crippen LogP contribution < -0.4 is 4.74 Å². The van der Waals surface area contributed by atoms with Crippen molar-refractivity contribution in [3.05, 3.63) is 42.0 Å². The van der Waals surface area contributed by atoms with Crippen LogP contribution in [0.1, 0.15) is 12.0 Å². The molecule has 0 amide bonds. The molecule has 4 nitrogen and oxygen atoms in total. The van der Waals surface area contributed by atoms with Gasteiger partial charge in [-0.3, -0.25) is 0 Å². The summed E-state index contributed by atoms with van der Waals surface area (Å²) < 4.78 is 16.4. The van der Waals surface area contributed by atoms with Gasteiger partial charge in [-0.15, -0.1) is 0 Å². The molecule has 0 radical (unpaired) electrons. The molecular formula is C15H20O4. The molecule has 1 N–H and O–H groups in total. The number of rotatable bonds is 5. The number of hydrogen-bond donors (Lipinski definition) is 1. The lowest BCUT2D eigenvalue weighted by Crippen LogP contribution is -2.40. The van der Waals surface area contributed by atoms with E-state index in [9.17, 15) is 5.11 Å². The zero-order valence-electron chi connectivity index (χ0n) is 11.2. The molecule has 2 atom stereocenters. The molecule has 1 aromatic carbocycles. The van der Waals surface area contributed by atoms with Crippen molar-refractivity contribution >= 4 is 0 Å². The Morgan fingerprint density at radius 3 is 2.74 bits per heavy atom. The molecule has 0 spiro atoms. The number of benzene rings is 1. The smallest absolute Gasteiger partial charge is 0.118 e. The fourth-order valence-corrected chi connectivity index (χ4v) is 2.12. The van der Waals surface area contributed by atoms with E-state index < -0.39 is 0 Å². The maximum atomic E-state index is 9.28. The van der Waals surface area contributed by atoms with Crippen LogP contribution in [-0.2, 0) is 16.1 Å². The van der Waals surface area contributed by atoms with Crippen molar-refractivity contribution in [3.63, 3.8) is 0 Å². The van der Waals surface area contributed by atoms with Crippen molar-refractivity contribution in [3.8, 4) is 5.75 Å². The molecule has 0 saturated carbocycles. The third-order valence-electron chi connectivity index (χ3n) is 3.26. The van der Waals surface area contributed by atoms with Gasteiger partial charge in [0.25, 0.3) is 0 Å². The minimum absolute atomic E-state index is 0.0493. The van der Waals surface area contributed by atoms with Crippen LogP contribution in [0, 0.1) is 0 Å². The highest BCUT2D eigenvalue weighted by Gasteiger charge is 2.28. The summed E-state index contributed by atoms with van der Waals surface area (Å²) in [5.41, 5.74) is 2.04. The molecule has 0 unspecified atom stereocenters. The van der Waals surface area contributed by atoms with Crippen molar-refractivity contribution in [1.29, 1.82) is 0 Å². The van der Waals surface area contributed by atoms with E-state index in [0.29, 0.717) is 13.2 Å². The van der Waals surface area contributed by atoms with Gasteiger partial charge in [-0.1, -0.05) is 18.7 Å². The van der Waals surface area contributed by atoms with Crippen LogP contribution in [0.4, 0.5) is 0 Å². The van der Waals surface area contributed by atoms with E-state index >= 15 is 0 Å². The quantitative estimate of drug-likeness (QED) is 0.825. The van der Waals surface area contributed by atoms with Crippen LogP contribution in [0.5, 0.6) is 5.75 Å². The van der Waals surface area contributed by atoms with Crippen molar-refractivity contribution in [1.82, 2.24) is 0 Å². The van der Waals surface area contributed by atoms with Crippen molar-refractivity contribution in [2.24, 2.45) is 0 Å². The molecule has 2 rings (SSSR count). The topological polar surface area (TPSA) is 47.9 Å². The molecule has 1 aliphatic rings. The minimum Gasteiger partial charge on any atom is -0.497 e. The Hall–Kier alpha value is -1.36. The lowest BCUT2D eigenvalue weighted by atomic mass is 10.0. The highest BCUT2D eigenvalue weighted by molar-refractivity contribution is 5.26. The maximum Gasteiger partial charge on any atom is 0.118 e. The Morgan fingerprint density at radius 1 is 1.37 bits per heavy atom. The molecule has 1 aliphatic heterocycles. The number of aliphatic hydroxyl groups is 1. The first-order chi connectivity index (χ1) is 9.24. The molecular weight excluding hydrogens is 244 g/mol. The number of aliphatic hydroxyl groups excluding tert-OH is 1. The molecule has 4 heteroatoms. The number of methoxy groups -OCH3 is 1. The summed E-state index contributed by atoms with van der Waals surface area (Å²) in [6.07, 6.45) is 0.240. The van der Waals surface area contributed by atoms with E-state index in [1.807, 2.05) is 24.3 Å². The van der Waals surface area contributed by atoms with Crippen molar-refractivity contribution in [2.45, 2.75) is 25.2 Å². The lowest BCUT2D eigenvalue weighted by Gasteiger charge is -2.32. The Balaban J connectivity index is 1.93. The summed E-state index contributed by atoms with van der Waals surface area (Å²) >= 11 is 0. The van der Waals surface area contributed by atoms with Crippen LogP contribution in [0.25, 0.3) is 0 Å². The second-order valence-corrected chi connectivity index (χ2v) is 4.58. The fourth-order valence-electron chi connectivity index (χ4n) is 2.12. The number of ether oxygens (including phenoxy) is 3. The van der Waals surface area contributed by atoms with Crippen molar-refractivity contribution in [2.75, 3.05) is 20.3 Å². The van der Waals surface area contributed by atoms with Crippen LogP contribution in [-0.4, -0.2) is 37.6 Å². The van der Waals surface area contributed by atoms with Gasteiger partial charge in [-0.2, -0.15) is 0 Å². The van der Waals surface area contributed by atoms with Gasteiger partial charge in [0.2, 0.25) is 0 Å². The summed E-state index contributed by atoms with van der Waals surface area (Å²) in [6, 6.07) is 7.71. The van der Waals surface area contributed by atoms with E-state index in [1.165, 1.54) is 0 Å². The van der Waals surface area contributed by atoms with Crippen LogP contribution >= 0.6 is 0 Å². The molecule has 1 heterocycles. The van der Waals surface area contributed by atoms with E-state index in [-0.39, 0.29) is 18.8 Å². The summed E-state index contributed by atoms with van der Waals surface area (Å²) in [7, 11) is 1.64. The first kappa shape index (κ1) is 14.1. The van der Waals surface area contributed by atoms with E-state index in [0.717, 1.165) is 23.3 Å².